The molecule has 0 saturated heterocycles. The van der Waals surface area contributed by atoms with E-state index in [-0.39, 0.29) is 13.1 Å². The molecule has 0 bridgehead atoms. The minimum Gasteiger partial charge on any atom is -0.465 e. The second-order valence-electron chi connectivity index (χ2n) is 8.11. The monoisotopic (exact) mass is 379 g/mol. The van der Waals surface area contributed by atoms with Crippen molar-refractivity contribution in [3.05, 3.63) is 35.4 Å². The lowest BCUT2D eigenvalue weighted by atomic mass is 10.1. The minimum absolute atomic E-state index is 0.135. The van der Waals surface area contributed by atoms with Crippen LogP contribution in [0.5, 0.6) is 0 Å². The van der Waals surface area contributed by atoms with Gasteiger partial charge in [0.1, 0.15) is 17.7 Å². The highest BCUT2D eigenvalue weighted by molar-refractivity contribution is 5.89. The zero-order valence-electron chi connectivity index (χ0n) is 17.1. The van der Waals surface area contributed by atoms with E-state index in [1.54, 1.807) is 65.8 Å². The molecule has 1 rings (SSSR count). The summed E-state index contributed by atoms with van der Waals surface area (Å²) in [5.74, 6) is -0.973. The van der Waals surface area contributed by atoms with Crippen LogP contribution in [-0.4, -0.2) is 47.8 Å². The molecule has 0 atom stereocenters. The maximum absolute atomic E-state index is 12.5. The molecule has 0 aliphatic heterocycles. The number of rotatable bonds is 5. The van der Waals surface area contributed by atoms with Gasteiger partial charge in [-0.05, 0) is 59.2 Å². The zero-order chi connectivity index (χ0) is 20.8. The van der Waals surface area contributed by atoms with E-state index in [4.69, 9.17) is 9.47 Å². The topological polar surface area (TPSA) is 82.1 Å². The van der Waals surface area contributed by atoms with Crippen LogP contribution in [-0.2, 0) is 25.5 Å². The fourth-order valence-electron chi connectivity index (χ4n) is 2.13. The van der Waals surface area contributed by atoms with Crippen LogP contribution in [0, 0.1) is 0 Å². The first-order chi connectivity index (χ1) is 12.3. The maximum atomic E-state index is 12.5. The van der Waals surface area contributed by atoms with Crippen molar-refractivity contribution in [2.45, 2.75) is 59.3 Å². The Morgan fingerprint density at radius 1 is 0.889 bits per heavy atom. The van der Waals surface area contributed by atoms with Gasteiger partial charge in [-0.1, -0.05) is 12.1 Å². The molecule has 1 aromatic rings. The molecule has 27 heavy (non-hydrogen) atoms. The maximum Gasteiger partial charge on any atom is 0.411 e. The number of amides is 1. The Kier molecular flexibility index (Phi) is 7.39. The van der Waals surface area contributed by atoms with E-state index in [2.05, 4.69) is 4.74 Å². The molecular formula is C20H29NO6. The van der Waals surface area contributed by atoms with Crippen molar-refractivity contribution in [1.29, 1.82) is 0 Å². The quantitative estimate of drug-likeness (QED) is 0.575. The molecule has 0 aliphatic carbocycles. The van der Waals surface area contributed by atoms with Crippen LogP contribution in [0.25, 0.3) is 0 Å². The average molecular weight is 379 g/mol. The van der Waals surface area contributed by atoms with Gasteiger partial charge < -0.3 is 14.2 Å². The van der Waals surface area contributed by atoms with Crippen molar-refractivity contribution in [2.24, 2.45) is 0 Å². The van der Waals surface area contributed by atoms with Crippen LogP contribution in [0.15, 0.2) is 24.3 Å². The van der Waals surface area contributed by atoms with Gasteiger partial charge in [0, 0.05) is 6.54 Å². The van der Waals surface area contributed by atoms with Crippen LogP contribution in [0.1, 0.15) is 57.5 Å². The number of hydrogen-bond donors (Lipinski definition) is 0. The number of hydrogen-bond acceptors (Lipinski definition) is 6. The molecule has 1 aromatic carbocycles. The number of methoxy groups -OCH3 is 1. The highest BCUT2D eigenvalue weighted by Crippen LogP contribution is 2.15. The number of ether oxygens (including phenoxy) is 3. The number of benzene rings is 1. The molecule has 0 unspecified atom stereocenters. The van der Waals surface area contributed by atoms with Gasteiger partial charge in [-0.2, -0.15) is 0 Å². The third kappa shape index (κ3) is 8.57. The fourth-order valence-corrected chi connectivity index (χ4v) is 2.13. The van der Waals surface area contributed by atoms with E-state index in [1.807, 2.05) is 0 Å². The number of carbonyl (C=O) groups excluding carboxylic acids is 3. The third-order valence-corrected chi connectivity index (χ3v) is 3.14. The Balaban J connectivity index is 2.94. The van der Waals surface area contributed by atoms with E-state index in [1.165, 1.54) is 12.0 Å². The Bertz CT molecular complexity index is 667. The summed E-state index contributed by atoms with van der Waals surface area (Å²) in [6.07, 6.45) is -0.620. The number of esters is 2. The summed E-state index contributed by atoms with van der Waals surface area (Å²) in [6.45, 7) is 10.4. The van der Waals surface area contributed by atoms with E-state index >= 15 is 0 Å². The lowest BCUT2D eigenvalue weighted by Crippen LogP contribution is -2.41. The summed E-state index contributed by atoms with van der Waals surface area (Å²) in [7, 11) is 1.31. The molecule has 1 amide bonds. The molecular weight excluding hydrogens is 350 g/mol. The van der Waals surface area contributed by atoms with Crippen LogP contribution < -0.4 is 0 Å². The van der Waals surface area contributed by atoms with Crippen LogP contribution in [0.4, 0.5) is 4.79 Å². The van der Waals surface area contributed by atoms with Crippen molar-refractivity contribution in [3.63, 3.8) is 0 Å². The molecule has 0 radical (unpaired) electrons. The second-order valence-corrected chi connectivity index (χ2v) is 8.11. The van der Waals surface area contributed by atoms with Gasteiger partial charge in [-0.15, -0.1) is 0 Å². The average Bonchev–Trinajstić information content (AvgIpc) is 2.50. The van der Waals surface area contributed by atoms with Gasteiger partial charge in [0.2, 0.25) is 0 Å². The van der Waals surface area contributed by atoms with Crippen LogP contribution in [0.2, 0.25) is 0 Å². The molecule has 150 valence electrons. The van der Waals surface area contributed by atoms with Crippen molar-refractivity contribution >= 4 is 18.0 Å². The van der Waals surface area contributed by atoms with Crippen LogP contribution in [0.3, 0.4) is 0 Å². The van der Waals surface area contributed by atoms with Crippen molar-refractivity contribution in [1.82, 2.24) is 4.90 Å². The molecule has 7 heteroatoms. The smallest absolute Gasteiger partial charge is 0.411 e. The predicted molar refractivity (Wildman–Crippen MR) is 100 cm³/mol. The minimum atomic E-state index is -0.696. The largest absolute Gasteiger partial charge is 0.465 e. The molecule has 0 saturated carbocycles. The third-order valence-electron chi connectivity index (χ3n) is 3.14. The zero-order valence-corrected chi connectivity index (χ0v) is 17.1. The molecule has 7 nitrogen and oxygen atoms in total. The normalized spacial score (nSPS) is 11.5. The molecule has 0 N–H and O–H groups in total. The molecule has 0 spiro atoms. The van der Waals surface area contributed by atoms with Gasteiger partial charge in [-0.25, -0.2) is 9.59 Å². The molecule has 0 aliphatic rings. The summed E-state index contributed by atoms with van der Waals surface area (Å²) in [5.41, 5.74) is -0.217. The van der Waals surface area contributed by atoms with Gasteiger partial charge in [0.05, 0.1) is 12.7 Å². The number of nitrogens with zero attached hydrogens (tertiary/aromatic N) is 1. The summed E-state index contributed by atoms with van der Waals surface area (Å²) >= 11 is 0. The van der Waals surface area contributed by atoms with Crippen molar-refractivity contribution < 1.29 is 28.6 Å². The van der Waals surface area contributed by atoms with Gasteiger partial charge in [0.25, 0.3) is 0 Å². The Hall–Kier alpha value is -2.57. The molecule has 0 aromatic heterocycles. The lowest BCUT2D eigenvalue weighted by Gasteiger charge is -2.28. The second kappa shape index (κ2) is 8.88. The summed E-state index contributed by atoms with van der Waals surface area (Å²) in [6, 6.07) is 6.58. The van der Waals surface area contributed by atoms with Gasteiger partial charge >= 0.3 is 18.0 Å². The lowest BCUT2D eigenvalue weighted by molar-refractivity contribution is -0.156. The first kappa shape index (κ1) is 22.5. The van der Waals surface area contributed by atoms with E-state index < -0.39 is 29.2 Å². The Morgan fingerprint density at radius 2 is 1.41 bits per heavy atom. The van der Waals surface area contributed by atoms with Crippen molar-refractivity contribution in [3.8, 4) is 0 Å². The van der Waals surface area contributed by atoms with Gasteiger partial charge in [-0.3, -0.25) is 9.69 Å². The first-order valence-electron chi connectivity index (χ1n) is 8.68. The highest BCUT2D eigenvalue weighted by Gasteiger charge is 2.26. The molecule has 0 heterocycles. The Morgan fingerprint density at radius 3 is 1.85 bits per heavy atom. The van der Waals surface area contributed by atoms with E-state index in [0.29, 0.717) is 5.56 Å². The van der Waals surface area contributed by atoms with E-state index in [9.17, 15) is 14.4 Å². The van der Waals surface area contributed by atoms with Crippen molar-refractivity contribution in [2.75, 3.05) is 13.7 Å². The fraction of sp³-hybridized carbons (Fsp3) is 0.550. The highest BCUT2D eigenvalue weighted by atomic mass is 16.6. The summed E-state index contributed by atoms with van der Waals surface area (Å²) in [5, 5.41) is 0. The summed E-state index contributed by atoms with van der Waals surface area (Å²) in [4.78, 5) is 37.5. The first-order valence-corrected chi connectivity index (χ1v) is 8.68. The summed E-state index contributed by atoms with van der Waals surface area (Å²) < 4.78 is 15.4. The van der Waals surface area contributed by atoms with Gasteiger partial charge in [0.15, 0.2) is 0 Å². The predicted octanol–water partition coefficient (Wildman–Crippen LogP) is 3.55. The SMILES string of the molecule is COC(=O)c1ccc(CN(CC(=O)OC(C)(C)C)C(=O)OC(C)(C)C)cc1. The standard InChI is InChI=1S/C20H29NO6/c1-19(2,3)26-16(22)13-21(18(24)27-20(4,5)6)12-14-8-10-15(11-9-14)17(23)25-7/h8-11H,12-13H2,1-7H3. The Labute approximate surface area is 160 Å². The number of carbonyl (C=O) groups is 3. The van der Waals surface area contributed by atoms with E-state index in [0.717, 1.165) is 5.56 Å². The molecule has 0 fully saturated rings. The van der Waals surface area contributed by atoms with Crippen LogP contribution >= 0.6 is 0 Å².